The Morgan fingerprint density at radius 2 is 2.07 bits per heavy atom. The summed E-state index contributed by atoms with van der Waals surface area (Å²) in [4.78, 5) is 2.75. The minimum atomic E-state index is 0.606. The molecule has 0 aromatic carbocycles. The largest absolute Gasteiger partial charge is 0.297 e. The SMILES string of the molecule is CCC1CCC(C)N1CC1(CS)CC1. The molecule has 0 amide bonds. The molecule has 1 nitrogen and oxygen atoms in total. The standard InChI is InChI=1S/C12H23NS/c1-3-11-5-4-10(2)13(11)8-12(9-14)6-7-12/h10-11,14H,3-9H2,1-2H3. The fourth-order valence-corrected chi connectivity index (χ4v) is 3.20. The van der Waals surface area contributed by atoms with E-state index in [2.05, 4.69) is 31.4 Å². The van der Waals surface area contributed by atoms with E-state index in [-0.39, 0.29) is 0 Å². The Morgan fingerprint density at radius 3 is 2.57 bits per heavy atom. The molecule has 2 heteroatoms. The lowest BCUT2D eigenvalue weighted by atomic mass is 10.1. The molecule has 2 fully saturated rings. The third-order valence-corrected chi connectivity index (χ3v) is 4.91. The Hall–Kier alpha value is 0.310. The molecule has 1 aliphatic carbocycles. The van der Waals surface area contributed by atoms with Gasteiger partial charge in [0.1, 0.15) is 0 Å². The summed E-state index contributed by atoms with van der Waals surface area (Å²) in [6.07, 6.45) is 6.97. The van der Waals surface area contributed by atoms with Crippen LogP contribution in [0.4, 0.5) is 0 Å². The van der Waals surface area contributed by atoms with Crippen molar-refractivity contribution in [2.24, 2.45) is 5.41 Å². The average molecular weight is 213 g/mol. The first-order valence-corrected chi connectivity index (χ1v) is 6.70. The van der Waals surface area contributed by atoms with Crippen molar-refractivity contribution in [3.63, 3.8) is 0 Å². The fourth-order valence-electron chi connectivity index (χ4n) is 2.78. The quantitative estimate of drug-likeness (QED) is 0.703. The Kier molecular flexibility index (Phi) is 3.13. The molecule has 0 spiro atoms. The number of nitrogens with zero attached hydrogens (tertiary/aromatic N) is 1. The monoisotopic (exact) mass is 213 g/mol. The minimum Gasteiger partial charge on any atom is -0.297 e. The highest BCUT2D eigenvalue weighted by atomic mass is 32.1. The maximum Gasteiger partial charge on any atom is 0.00962 e. The van der Waals surface area contributed by atoms with Crippen LogP contribution in [0, 0.1) is 5.41 Å². The molecule has 14 heavy (non-hydrogen) atoms. The zero-order chi connectivity index (χ0) is 10.2. The van der Waals surface area contributed by atoms with E-state index in [1.165, 1.54) is 38.6 Å². The van der Waals surface area contributed by atoms with Gasteiger partial charge in [0, 0.05) is 18.6 Å². The van der Waals surface area contributed by atoms with Crippen molar-refractivity contribution in [3.8, 4) is 0 Å². The third kappa shape index (κ3) is 1.96. The van der Waals surface area contributed by atoms with Gasteiger partial charge in [-0.3, -0.25) is 4.90 Å². The van der Waals surface area contributed by atoms with Crippen LogP contribution >= 0.6 is 12.6 Å². The highest BCUT2D eigenvalue weighted by Gasteiger charge is 2.45. The molecular weight excluding hydrogens is 190 g/mol. The molecule has 0 aromatic heterocycles. The van der Waals surface area contributed by atoms with Crippen LogP contribution in [-0.2, 0) is 0 Å². The van der Waals surface area contributed by atoms with Crippen LogP contribution in [0.1, 0.15) is 46.0 Å². The van der Waals surface area contributed by atoms with E-state index in [1.54, 1.807) is 0 Å². The molecule has 82 valence electrons. The van der Waals surface area contributed by atoms with Crippen LogP contribution in [-0.4, -0.2) is 29.3 Å². The first kappa shape index (κ1) is 10.8. The van der Waals surface area contributed by atoms with Crippen LogP contribution in [0.15, 0.2) is 0 Å². The maximum absolute atomic E-state index is 4.50. The van der Waals surface area contributed by atoms with E-state index in [1.807, 2.05) is 0 Å². The van der Waals surface area contributed by atoms with E-state index in [0.717, 1.165) is 17.8 Å². The molecule has 1 heterocycles. The van der Waals surface area contributed by atoms with Crippen molar-refractivity contribution in [2.45, 2.75) is 58.0 Å². The number of hydrogen-bond donors (Lipinski definition) is 1. The van der Waals surface area contributed by atoms with Gasteiger partial charge in [-0.05, 0) is 50.2 Å². The number of rotatable bonds is 4. The smallest absolute Gasteiger partial charge is 0.00962 e. The fraction of sp³-hybridized carbons (Fsp3) is 1.00. The lowest BCUT2D eigenvalue weighted by Gasteiger charge is -2.31. The van der Waals surface area contributed by atoms with Crippen molar-refractivity contribution in [1.29, 1.82) is 0 Å². The molecule has 0 radical (unpaired) electrons. The van der Waals surface area contributed by atoms with E-state index < -0.39 is 0 Å². The van der Waals surface area contributed by atoms with Crippen LogP contribution < -0.4 is 0 Å². The van der Waals surface area contributed by atoms with E-state index >= 15 is 0 Å². The Morgan fingerprint density at radius 1 is 1.36 bits per heavy atom. The summed E-state index contributed by atoms with van der Waals surface area (Å²) in [5, 5.41) is 0. The van der Waals surface area contributed by atoms with Gasteiger partial charge in [0.15, 0.2) is 0 Å². The van der Waals surface area contributed by atoms with Gasteiger partial charge >= 0.3 is 0 Å². The predicted molar refractivity (Wildman–Crippen MR) is 65.0 cm³/mol. The van der Waals surface area contributed by atoms with E-state index in [9.17, 15) is 0 Å². The highest BCUT2D eigenvalue weighted by Crippen LogP contribution is 2.48. The van der Waals surface area contributed by atoms with Crippen LogP contribution in [0.3, 0.4) is 0 Å². The van der Waals surface area contributed by atoms with Gasteiger partial charge in [0.05, 0.1) is 0 Å². The number of hydrogen-bond acceptors (Lipinski definition) is 2. The zero-order valence-corrected chi connectivity index (χ0v) is 10.4. The Bertz CT molecular complexity index is 200. The van der Waals surface area contributed by atoms with Gasteiger partial charge < -0.3 is 0 Å². The van der Waals surface area contributed by atoms with Gasteiger partial charge in [-0.15, -0.1) is 0 Å². The van der Waals surface area contributed by atoms with Crippen LogP contribution in [0.2, 0.25) is 0 Å². The summed E-state index contributed by atoms with van der Waals surface area (Å²) < 4.78 is 0. The van der Waals surface area contributed by atoms with Gasteiger partial charge in [-0.2, -0.15) is 12.6 Å². The molecule has 0 N–H and O–H groups in total. The van der Waals surface area contributed by atoms with Gasteiger partial charge in [0.25, 0.3) is 0 Å². The second-order valence-electron chi connectivity index (χ2n) is 5.32. The third-order valence-electron chi connectivity index (χ3n) is 4.23. The van der Waals surface area contributed by atoms with Crippen molar-refractivity contribution < 1.29 is 0 Å². The molecule has 2 aliphatic rings. The predicted octanol–water partition coefficient (Wildman–Crippen LogP) is 2.96. The zero-order valence-electron chi connectivity index (χ0n) is 9.50. The molecule has 1 saturated carbocycles. The van der Waals surface area contributed by atoms with E-state index in [4.69, 9.17) is 0 Å². The van der Waals surface area contributed by atoms with Crippen molar-refractivity contribution in [1.82, 2.24) is 4.90 Å². The van der Waals surface area contributed by atoms with Crippen molar-refractivity contribution in [3.05, 3.63) is 0 Å². The summed E-state index contributed by atoms with van der Waals surface area (Å²) in [5.74, 6) is 1.09. The molecule has 2 atom stereocenters. The van der Waals surface area contributed by atoms with Gasteiger partial charge in [-0.25, -0.2) is 0 Å². The second-order valence-corrected chi connectivity index (χ2v) is 5.64. The van der Waals surface area contributed by atoms with Gasteiger partial charge in [0.2, 0.25) is 0 Å². The number of likely N-dealkylation sites (tertiary alicyclic amines) is 1. The summed E-state index contributed by atoms with van der Waals surface area (Å²) in [6.45, 7) is 6.04. The summed E-state index contributed by atoms with van der Waals surface area (Å²) in [5.41, 5.74) is 0.606. The summed E-state index contributed by atoms with van der Waals surface area (Å²) >= 11 is 4.50. The lowest BCUT2D eigenvalue weighted by molar-refractivity contribution is 0.166. The lowest BCUT2D eigenvalue weighted by Crippen LogP contribution is -2.39. The topological polar surface area (TPSA) is 3.24 Å². The van der Waals surface area contributed by atoms with Gasteiger partial charge in [-0.1, -0.05) is 6.92 Å². The summed E-state index contributed by atoms with van der Waals surface area (Å²) in [6, 6.07) is 1.68. The van der Waals surface area contributed by atoms with Crippen molar-refractivity contribution >= 4 is 12.6 Å². The minimum absolute atomic E-state index is 0.606. The average Bonchev–Trinajstić information content (AvgIpc) is 2.89. The molecule has 2 rings (SSSR count). The Labute approximate surface area is 93.7 Å². The second kappa shape index (κ2) is 4.05. The molecule has 1 aliphatic heterocycles. The molecule has 2 unspecified atom stereocenters. The highest BCUT2D eigenvalue weighted by molar-refractivity contribution is 7.80. The molecule has 0 aromatic rings. The number of thiol groups is 1. The van der Waals surface area contributed by atoms with E-state index in [0.29, 0.717) is 5.41 Å². The first-order valence-electron chi connectivity index (χ1n) is 6.07. The normalized spacial score (nSPS) is 36.2. The molecule has 1 saturated heterocycles. The van der Waals surface area contributed by atoms with Crippen LogP contribution in [0.25, 0.3) is 0 Å². The molecular formula is C12H23NS. The Balaban J connectivity index is 1.94. The van der Waals surface area contributed by atoms with Crippen molar-refractivity contribution in [2.75, 3.05) is 12.3 Å². The first-order chi connectivity index (χ1) is 6.71. The van der Waals surface area contributed by atoms with Crippen LogP contribution in [0.5, 0.6) is 0 Å². The maximum atomic E-state index is 4.50. The molecule has 0 bridgehead atoms. The summed E-state index contributed by atoms with van der Waals surface area (Å²) in [7, 11) is 0.